The van der Waals surface area contributed by atoms with E-state index < -0.39 is 10.0 Å². The fourth-order valence-corrected chi connectivity index (χ4v) is 4.78. The van der Waals surface area contributed by atoms with Gasteiger partial charge >= 0.3 is 0 Å². The average molecular weight is 318 g/mol. The standard InChI is InChI=1S/C13H20ClN3O2S/c14-8-11-7-13(9-15-11)20(18,19)17-6-5-16-4-2-1-3-12(16)10-17/h7,9,12,15H,1-6,8,10H2. The zero-order chi connectivity index (χ0) is 14.2. The first-order valence-electron chi connectivity index (χ1n) is 7.09. The van der Waals surface area contributed by atoms with Crippen LogP contribution >= 0.6 is 11.6 Å². The molecule has 2 aliphatic heterocycles. The van der Waals surface area contributed by atoms with Crippen molar-refractivity contribution in [1.29, 1.82) is 0 Å². The lowest BCUT2D eigenvalue weighted by Gasteiger charge is -2.43. The summed E-state index contributed by atoms with van der Waals surface area (Å²) in [4.78, 5) is 5.67. The topological polar surface area (TPSA) is 56.4 Å². The summed E-state index contributed by atoms with van der Waals surface area (Å²) in [5, 5.41) is 0. The molecule has 1 N–H and O–H groups in total. The smallest absolute Gasteiger partial charge is 0.244 e. The van der Waals surface area contributed by atoms with Crippen molar-refractivity contribution in [3.63, 3.8) is 0 Å². The number of piperidine rings is 1. The third-order valence-electron chi connectivity index (χ3n) is 4.30. The number of piperazine rings is 1. The van der Waals surface area contributed by atoms with Crippen LogP contribution in [0.4, 0.5) is 0 Å². The highest BCUT2D eigenvalue weighted by atomic mass is 35.5. The molecular formula is C13H20ClN3O2S. The molecule has 0 radical (unpaired) electrons. The molecule has 112 valence electrons. The molecule has 2 saturated heterocycles. The minimum atomic E-state index is -3.39. The molecule has 1 aromatic rings. The van der Waals surface area contributed by atoms with Crippen LogP contribution < -0.4 is 0 Å². The number of sulfonamides is 1. The summed E-state index contributed by atoms with van der Waals surface area (Å²) >= 11 is 5.72. The minimum Gasteiger partial charge on any atom is -0.363 e. The third-order valence-corrected chi connectivity index (χ3v) is 6.43. The van der Waals surface area contributed by atoms with E-state index in [4.69, 9.17) is 11.6 Å². The molecule has 20 heavy (non-hydrogen) atoms. The quantitative estimate of drug-likeness (QED) is 0.862. The van der Waals surface area contributed by atoms with E-state index in [0.29, 0.717) is 29.9 Å². The Bertz CT molecular complexity index is 572. The lowest BCUT2D eigenvalue weighted by Crippen LogP contribution is -2.56. The summed E-state index contributed by atoms with van der Waals surface area (Å²) in [6.45, 7) is 3.15. The number of nitrogens with zero attached hydrogens (tertiary/aromatic N) is 2. The van der Waals surface area contributed by atoms with Crippen LogP contribution in [0.5, 0.6) is 0 Å². The molecule has 7 heteroatoms. The summed E-state index contributed by atoms with van der Waals surface area (Å²) in [6, 6.07) is 2.02. The molecule has 2 fully saturated rings. The Morgan fingerprint density at radius 3 is 2.90 bits per heavy atom. The van der Waals surface area contributed by atoms with Crippen molar-refractivity contribution in [3.8, 4) is 0 Å². The van der Waals surface area contributed by atoms with Gasteiger partial charge in [0.15, 0.2) is 0 Å². The Morgan fingerprint density at radius 2 is 2.15 bits per heavy atom. The molecule has 1 aromatic heterocycles. The first-order chi connectivity index (χ1) is 9.61. The van der Waals surface area contributed by atoms with Crippen molar-refractivity contribution in [2.45, 2.75) is 36.1 Å². The number of nitrogens with one attached hydrogen (secondary N) is 1. The maximum absolute atomic E-state index is 12.6. The van der Waals surface area contributed by atoms with Gasteiger partial charge in [-0.3, -0.25) is 4.90 Å². The molecule has 0 saturated carbocycles. The number of halogens is 1. The number of alkyl halides is 1. The second-order valence-electron chi connectivity index (χ2n) is 5.54. The van der Waals surface area contributed by atoms with Gasteiger partial charge in [0, 0.05) is 37.6 Å². The SMILES string of the molecule is O=S(=O)(c1c[nH]c(CCl)c1)N1CCN2CCCCC2C1. The Balaban J connectivity index is 1.77. The Morgan fingerprint density at radius 1 is 1.30 bits per heavy atom. The van der Waals surface area contributed by atoms with E-state index in [1.165, 1.54) is 12.8 Å². The normalized spacial score (nSPS) is 25.6. The fourth-order valence-electron chi connectivity index (χ4n) is 3.14. The molecular weight excluding hydrogens is 298 g/mol. The van der Waals surface area contributed by atoms with Crippen molar-refractivity contribution in [3.05, 3.63) is 18.0 Å². The first-order valence-corrected chi connectivity index (χ1v) is 9.06. The van der Waals surface area contributed by atoms with E-state index in [9.17, 15) is 8.42 Å². The summed E-state index contributed by atoms with van der Waals surface area (Å²) < 4.78 is 26.9. The van der Waals surface area contributed by atoms with Gasteiger partial charge in [-0.2, -0.15) is 4.31 Å². The van der Waals surface area contributed by atoms with Gasteiger partial charge in [0.05, 0.1) is 10.8 Å². The van der Waals surface area contributed by atoms with Gasteiger partial charge in [-0.15, -0.1) is 11.6 Å². The zero-order valence-electron chi connectivity index (χ0n) is 11.4. The number of hydrogen-bond donors (Lipinski definition) is 1. The van der Waals surface area contributed by atoms with Crippen molar-refractivity contribution < 1.29 is 8.42 Å². The summed E-state index contributed by atoms with van der Waals surface area (Å²) in [6.07, 6.45) is 5.09. The second-order valence-corrected chi connectivity index (χ2v) is 7.75. The molecule has 3 heterocycles. The van der Waals surface area contributed by atoms with E-state index in [-0.39, 0.29) is 0 Å². The van der Waals surface area contributed by atoms with E-state index >= 15 is 0 Å². The van der Waals surface area contributed by atoms with E-state index in [1.54, 1.807) is 16.6 Å². The lowest BCUT2D eigenvalue weighted by atomic mass is 10.0. The largest absolute Gasteiger partial charge is 0.363 e. The van der Waals surface area contributed by atoms with Crippen LogP contribution in [0.3, 0.4) is 0 Å². The predicted molar refractivity (Wildman–Crippen MR) is 78.3 cm³/mol. The lowest BCUT2D eigenvalue weighted by molar-refractivity contribution is 0.0852. The summed E-state index contributed by atoms with van der Waals surface area (Å²) in [7, 11) is -3.39. The number of aromatic amines is 1. The fraction of sp³-hybridized carbons (Fsp3) is 0.692. The highest BCUT2D eigenvalue weighted by Gasteiger charge is 2.35. The number of rotatable bonds is 3. The van der Waals surface area contributed by atoms with Crippen molar-refractivity contribution >= 4 is 21.6 Å². The maximum Gasteiger partial charge on any atom is 0.244 e. The van der Waals surface area contributed by atoms with Gasteiger partial charge in [-0.1, -0.05) is 6.42 Å². The molecule has 2 aliphatic rings. The molecule has 1 unspecified atom stereocenters. The van der Waals surface area contributed by atoms with Crippen LogP contribution in [0.1, 0.15) is 25.0 Å². The molecule has 5 nitrogen and oxygen atoms in total. The molecule has 1 atom stereocenters. The van der Waals surface area contributed by atoms with E-state index in [1.807, 2.05) is 0 Å². The molecule has 0 aliphatic carbocycles. The van der Waals surface area contributed by atoms with Gasteiger partial charge in [0.1, 0.15) is 0 Å². The molecule has 0 bridgehead atoms. The number of hydrogen-bond acceptors (Lipinski definition) is 3. The summed E-state index contributed by atoms with van der Waals surface area (Å²) in [5.41, 5.74) is 0.738. The van der Waals surface area contributed by atoms with Gasteiger partial charge in [-0.25, -0.2) is 8.42 Å². The highest BCUT2D eigenvalue weighted by Crippen LogP contribution is 2.25. The Kier molecular flexibility index (Phi) is 4.08. The van der Waals surface area contributed by atoms with Crippen LogP contribution in [0.2, 0.25) is 0 Å². The number of H-pyrrole nitrogens is 1. The van der Waals surface area contributed by atoms with Gasteiger partial charge < -0.3 is 4.98 Å². The van der Waals surface area contributed by atoms with Crippen molar-refractivity contribution in [2.24, 2.45) is 0 Å². The van der Waals surface area contributed by atoms with Crippen LogP contribution in [-0.2, 0) is 15.9 Å². The molecule has 0 amide bonds. The van der Waals surface area contributed by atoms with Crippen molar-refractivity contribution in [1.82, 2.24) is 14.2 Å². The first kappa shape index (κ1) is 14.4. The highest BCUT2D eigenvalue weighted by molar-refractivity contribution is 7.89. The Hall–Kier alpha value is -0.560. The Labute approximate surface area is 124 Å². The number of fused-ring (bicyclic) bond motifs is 1. The minimum absolute atomic E-state index is 0.298. The van der Waals surface area contributed by atoms with Gasteiger partial charge in [0.2, 0.25) is 10.0 Å². The van der Waals surface area contributed by atoms with Crippen LogP contribution in [0.25, 0.3) is 0 Å². The van der Waals surface area contributed by atoms with Crippen LogP contribution in [0.15, 0.2) is 17.2 Å². The molecule has 0 spiro atoms. The zero-order valence-corrected chi connectivity index (χ0v) is 13.0. The van der Waals surface area contributed by atoms with Gasteiger partial charge in [-0.05, 0) is 25.5 Å². The van der Waals surface area contributed by atoms with Gasteiger partial charge in [0.25, 0.3) is 0 Å². The second kappa shape index (κ2) is 5.67. The van der Waals surface area contributed by atoms with E-state index in [2.05, 4.69) is 9.88 Å². The van der Waals surface area contributed by atoms with E-state index in [0.717, 1.165) is 25.2 Å². The monoisotopic (exact) mass is 317 g/mol. The molecule has 3 rings (SSSR count). The van der Waals surface area contributed by atoms with Crippen LogP contribution in [-0.4, -0.2) is 54.8 Å². The summed E-state index contributed by atoms with van der Waals surface area (Å²) in [5.74, 6) is 0.298. The van der Waals surface area contributed by atoms with Crippen LogP contribution in [0, 0.1) is 0 Å². The maximum atomic E-state index is 12.6. The number of aromatic nitrogens is 1. The van der Waals surface area contributed by atoms with Crippen molar-refractivity contribution in [2.75, 3.05) is 26.2 Å². The average Bonchev–Trinajstić information content (AvgIpc) is 2.96. The predicted octanol–water partition coefficient (Wildman–Crippen LogP) is 1.61. The molecule has 0 aromatic carbocycles. The third kappa shape index (κ3) is 2.62.